The highest BCUT2D eigenvalue weighted by molar-refractivity contribution is 5.99. The van der Waals surface area contributed by atoms with E-state index < -0.39 is 0 Å². The standard InChI is InChI=1S/C20H22N4O3/c1-2-26-14-16-15-6-3-4-7-17(15)27-18(16)19(25)23-10-12-24(13-11-23)20-21-8-5-9-22-20/h3-9H,2,10-14H2,1H3. The summed E-state index contributed by atoms with van der Waals surface area (Å²) in [6.45, 7) is 5.47. The van der Waals surface area contributed by atoms with Gasteiger partial charge in [-0.2, -0.15) is 0 Å². The molecule has 7 nitrogen and oxygen atoms in total. The second-order valence-electron chi connectivity index (χ2n) is 6.37. The summed E-state index contributed by atoms with van der Waals surface area (Å²) in [6.07, 6.45) is 3.46. The van der Waals surface area contributed by atoms with Gasteiger partial charge in [-0.15, -0.1) is 0 Å². The van der Waals surface area contributed by atoms with Crippen LogP contribution in [-0.2, 0) is 11.3 Å². The number of rotatable bonds is 5. The molecular formula is C20H22N4O3. The predicted octanol–water partition coefficient (Wildman–Crippen LogP) is 2.72. The summed E-state index contributed by atoms with van der Waals surface area (Å²) in [4.78, 5) is 25.6. The fourth-order valence-electron chi connectivity index (χ4n) is 3.33. The first kappa shape index (κ1) is 17.5. The van der Waals surface area contributed by atoms with Crippen molar-refractivity contribution in [1.29, 1.82) is 0 Å². The Bertz CT molecular complexity index is 917. The minimum absolute atomic E-state index is 0.0884. The molecule has 1 saturated heterocycles. The normalized spacial score (nSPS) is 14.7. The number of para-hydroxylation sites is 1. The van der Waals surface area contributed by atoms with Gasteiger partial charge >= 0.3 is 0 Å². The molecule has 4 rings (SSSR count). The van der Waals surface area contributed by atoms with Gasteiger partial charge in [-0.3, -0.25) is 4.79 Å². The molecule has 0 radical (unpaired) electrons. The van der Waals surface area contributed by atoms with E-state index in [-0.39, 0.29) is 5.91 Å². The molecule has 3 heterocycles. The fourth-order valence-corrected chi connectivity index (χ4v) is 3.33. The summed E-state index contributed by atoms with van der Waals surface area (Å²) >= 11 is 0. The zero-order valence-electron chi connectivity index (χ0n) is 15.3. The molecule has 0 N–H and O–H groups in total. The van der Waals surface area contributed by atoms with Crippen LogP contribution in [0.3, 0.4) is 0 Å². The molecule has 2 aromatic heterocycles. The molecule has 0 bridgehead atoms. The van der Waals surface area contributed by atoms with Crippen molar-refractivity contribution in [3.8, 4) is 0 Å². The summed E-state index contributed by atoms with van der Waals surface area (Å²) in [6, 6.07) is 9.50. The first-order valence-corrected chi connectivity index (χ1v) is 9.17. The van der Waals surface area contributed by atoms with E-state index in [0.717, 1.165) is 10.9 Å². The number of benzene rings is 1. The number of hydrogen-bond acceptors (Lipinski definition) is 6. The van der Waals surface area contributed by atoms with Crippen molar-refractivity contribution in [2.45, 2.75) is 13.5 Å². The number of amides is 1. The molecule has 27 heavy (non-hydrogen) atoms. The minimum atomic E-state index is -0.0884. The SMILES string of the molecule is CCOCc1c(C(=O)N2CCN(c3ncccn3)CC2)oc2ccccc12. The van der Waals surface area contributed by atoms with Crippen molar-refractivity contribution in [2.75, 3.05) is 37.7 Å². The maximum atomic E-state index is 13.1. The molecule has 0 unspecified atom stereocenters. The first-order chi connectivity index (χ1) is 13.3. The van der Waals surface area contributed by atoms with Gasteiger partial charge in [-0.25, -0.2) is 9.97 Å². The number of fused-ring (bicyclic) bond motifs is 1. The van der Waals surface area contributed by atoms with E-state index in [9.17, 15) is 4.79 Å². The van der Waals surface area contributed by atoms with Crippen LogP contribution in [0.1, 0.15) is 23.0 Å². The topological polar surface area (TPSA) is 71.7 Å². The lowest BCUT2D eigenvalue weighted by Gasteiger charge is -2.34. The smallest absolute Gasteiger partial charge is 0.290 e. The zero-order valence-corrected chi connectivity index (χ0v) is 15.3. The van der Waals surface area contributed by atoms with E-state index in [4.69, 9.17) is 9.15 Å². The molecule has 0 spiro atoms. The summed E-state index contributed by atoms with van der Waals surface area (Å²) in [5, 5.41) is 0.936. The molecule has 1 aromatic carbocycles. The number of ether oxygens (including phenoxy) is 1. The van der Waals surface area contributed by atoms with Crippen LogP contribution in [0.15, 0.2) is 47.1 Å². The highest BCUT2D eigenvalue weighted by Crippen LogP contribution is 2.28. The summed E-state index contributed by atoms with van der Waals surface area (Å²) in [7, 11) is 0. The lowest BCUT2D eigenvalue weighted by molar-refractivity contribution is 0.0706. The second-order valence-corrected chi connectivity index (χ2v) is 6.37. The molecule has 1 aliphatic heterocycles. The fraction of sp³-hybridized carbons (Fsp3) is 0.350. The second kappa shape index (κ2) is 7.75. The molecule has 7 heteroatoms. The summed E-state index contributed by atoms with van der Waals surface area (Å²) in [5.41, 5.74) is 1.54. The van der Waals surface area contributed by atoms with Gasteiger partial charge in [-0.1, -0.05) is 18.2 Å². The van der Waals surface area contributed by atoms with Crippen LogP contribution < -0.4 is 4.90 Å². The summed E-state index contributed by atoms with van der Waals surface area (Å²) in [5.74, 6) is 0.994. The lowest BCUT2D eigenvalue weighted by atomic mass is 10.1. The Balaban J connectivity index is 1.53. The third kappa shape index (κ3) is 3.50. The van der Waals surface area contributed by atoms with Crippen molar-refractivity contribution in [1.82, 2.24) is 14.9 Å². The van der Waals surface area contributed by atoms with Gasteiger partial charge in [0.05, 0.1) is 6.61 Å². The van der Waals surface area contributed by atoms with E-state index in [0.29, 0.717) is 56.7 Å². The average Bonchev–Trinajstić information content (AvgIpc) is 3.11. The molecule has 0 saturated carbocycles. The van der Waals surface area contributed by atoms with Gasteiger partial charge in [0.1, 0.15) is 5.58 Å². The van der Waals surface area contributed by atoms with E-state index in [1.807, 2.05) is 36.1 Å². The quantitative estimate of drug-likeness (QED) is 0.691. The Morgan fingerprint density at radius 3 is 2.59 bits per heavy atom. The van der Waals surface area contributed by atoms with Crippen molar-refractivity contribution in [3.05, 3.63) is 54.0 Å². The van der Waals surface area contributed by atoms with E-state index in [1.165, 1.54) is 0 Å². The van der Waals surface area contributed by atoms with Crippen molar-refractivity contribution in [3.63, 3.8) is 0 Å². The highest BCUT2D eigenvalue weighted by atomic mass is 16.5. The number of nitrogens with zero attached hydrogens (tertiary/aromatic N) is 4. The van der Waals surface area contributed by atoms with Crippen LogP contribution in [0.2, 0.25) is 0 Å². The van der Waals surface area contributed by atoms with Gasteiger partial charge < -0.3 is 19.0 Å². The molecule has 0 aliphatic carbocycles. The Hall–Kier alpha value is -2.93. The monoisotopic (exact) mass is 366 g/mol. The van der Waals surface area contributed by atoms with E-state index in [1.54, 1.807) is 18.5 Å². The van der Waals surface area contributed by atoms with Crippen LogP contribution >= 0.6 is 0 Å². The third-order valence-corrected chi connectivity index (χ3v) is 4.74. The molecule has 3 aromatic rings. The Kier molecular flexibility index (Phi) is 5.02. The Labute approximate surface area is 157 Å². The average molecular weight is 366 g/mol. The largest absolute Gasteiger partial charge is 0.451 e. The Morgan fingerprint density at radius 1 is 1.11 bits per heavy atom. The summed E-state index contributed by atoms with van der Waals surface area (Å²) < 4.78 is 11.5. The van der Waals surface area contributed by atoms with Crippen molar-refractivity contribution in [2.24, 2.45) is 0 Å². The lowest BCUT2D eigenvalue weighted by Crippen LogP contribution is -2.49. The van der Waals surface area contributed by atoms with Crippen LogP contribution in [0, 0.1) is 0 Å². The minimum Gasteiger partial charge on any atom is -0.451 e. The van der Waals surface area contributed by atoms with Crippen LogP contribution in [0.25, 0.3) is 11.0 Å². The molecule has 0 atom stereocenters. The predicted molar refractivity (Wildman–Crippen MR) is 102 cm³/mol. The Morgan fingerprint density at radius 2 is 1.85 bits per heavy atom. The van der Waals surface area contributed by atoms with Crippen LogP contribution in [-0.4, -0.2) is 53.6 Å². The number of hydrogen-bond donors (Lipinski definition) is 0. The van der Waals surface area contributed by atoms with Crippen LogP contribution in [0.4, 0.5) is 5.95 Å². The van der Waals surface area contributed by atoms with Gasteiger partial charge in [-0.05, 0) is 19.1 Å². The molecule has 1 fully saturated rings. The first-order valence-electron chi connectivity index (χ1n) is 9.17. The van der Waals surface area contributed by atoms with Gasteiger partial charge in [0.25, 0.3) is 5.91 Å². The number of piperazine rings is 1. The molecule has 1 amide bonds. The zero-order chi connectivity index (χ0) is 18.6. The number of carbonyl (C=O) groups excluding carboxylic acids is 1. The highest BCUT2D eigenvalue weighted by Gasteiger charge is 2.28. The third-order valence-electron chi connectivity index (χ3n) is 4.74. The maximum Gasteiger partial charge on any atom is 0.290 e. The molecular weight excluding hydrogens is 344 g/mol. The van der Waals surface area contributed by atoms with Gasteiger partial charge in [0.15, 0.2) is 5.76 Å². The number of aromatic nitrogens is 2. The van der Waals surface area contributed by atoms with Crippen LogP contribution in [0.5, 0.6) is 0 Å². The van der Waals surface area contributed by atoms with Gasteiger partial charge in [0, 0.05) is 56.1 Å². The number of anilines is 1. The number of furan rings is 1. The van der Waals surface area contributed by atoms with Crippen molar-refractivity contribution >= 4 is 22.8 Å². The van der Waals surface area contributed by atoms with Gasteiger partial charge in [0.2, 0.25) is 5.95 Å². The molecule has 1 aliphatic rings. The van der Waals surface area contributed by atoms with E-state index in [2.05, 4.69) is 14.9 Å². The number of carbonyl (C=O) groups is 1. The van der Waals surface area contributed by atoms with E-state index >= 15 is 0 Å². The maximum absolute atomic E-state index is 13.1. The molecule has 140 valence electrons. The van der Waals surface area contributed by atoms with Crippen molar-refractivity contribution < 1.29 is 13.9 Å².